The second kappa shape index (κ2) is 15.4. The topological polar surface area (TPSA) is 103 Å². The summed E-state index contributed by atoms with van der Waals surface area (Å²) < 4.78 is 23.5. The molecule has 0 unspecified atom stereocenters. The van der Waals surface area contributed by atoms with Crippen LogP contribution in [0.1, 0.15) is 22.9 Å². The van der Waals surface area contributed by atoms with Crippen molar-refractivity contribution in [3.05, 3.63) is 188 Å². The molecule has 0 aliphatic carbocycles. The Morgan fingerprint density at radius 1 is 0.731 bits per heavy atom. The summed E-state index contributed by atoms with van der Waals surface area (Å²) in [7, 11) is 0. The van der Waals surface area contributed by atoms with E-state index in [1.165, 1.54) is 24.0 Å². The maximum atomic E-state index is 13.4. The van der Waals surface area contributed by atoms with Gasteiger partial charge in [0.25, 0.3) is 0 Å². The Labute approximate surface area is 305 Å². The van der Waals surface area contributed by atoms with E-state index in [9.17, 15) is 14.7 Å². The van der Waals surface area contributed by atoms with E-state index < -0.39 is 49.1 Å². The van der Waals surface area contributed by atoms with Crippen LogP contribution in [-0.4, -0.2) is 52.8 Å². The first-order valence-corrected chi connectivity index (χ1v) is 21.7. The minimum Gasteiger partial charge on any atom is -0.0556 e. The first-order chi connectivity index (χ1) is 25.3. The van der Waals surface area contributed by atoms with E-state index in [0.29, 0.717) is 11.5 Å². The predicted molar refractivity (Wildman–Crippen MR) is 207 cm³/mol. The number of aromatic nitrogens is 2. The van der Waals surface area contributed by atoms with Crippen molar-refractivity contribution in [2.45, 2.75) is 38.4 Å². The summed E-state index contributed by atoms with van der Waals surface area (Å²) >= 11 is -3.59. The molecule has 1 aliphatic heterocycles. The number of aliphatic hydroxyl groups is 1. The van der Waals surface area contributed by atoms with Gasteiger partial charge in [-0.05, 0) is 13.8 Å². The SMILES string of the molecule is Cc1ccc(OC[C@H]2O[C@@H](n3cc(/C=[CH]/[Ge]([c]4ccccc4)([c]4ccccc4)[c]4ccccc4)c(=O)[nH]c3=O)[C@H](O)[C@@H]2Oc2ccc(C)cc2)cc1. The van der Waals surface area contributed by atoms with E-state index in [0.717, 1.165) is 11.1 Å². The number of rotatable bonds is 11. The van der Waals surface area contributed by atoms with Crippen LogP contribution in [-0.2, 0) is 4.74 Å². The minimum absolute atomic E-state index is 0.0549. The minimum atomic E-state index is -3.59. The molecular formula is C43H40GeN2O6. The number of hydrogen-bond acceptors (Lipinski definition) is 6. The number of H-pyrrole nitrogens is 1. The summed E-state index contributed by atoms with van der Waals surface area (Å²) in [5, 5.41) is 11.7. The zero-order valence-corrected chi connectivity index (χ0v) is 31.1. The first kappa shape index (κ1) is 35.0. The Hall–Kier alpha value is -5.42. The van der Waals surface area contributed by atoms with E-state index in [-0.39, 0.29) is 12.2 Å². The number of aromatic amines is 1. The Bertz CT molecular complexity index is 2140. The number of benzene rings is 5. The molecule has 5 aromatic carbocycles. The molecule has 4 atom stereocenters. The fraction of sp³-hybridized carbons (Fsp3) is 0.163. The maximum absolute atomic E-state index is 13.4. The molecule has 1 saturated heterocycles. The summed E-state index contributed by atoms with van der Waals surface area (Å²) in [5.74, 6) is 1.18. The second-order valence-electron chi connectivity index (χ2n) is 13.1. The van der Waals surface area contributed by atoms with Gasteiger partial charge in [-0.25, -0.2) is 0 Å². The Morgan fingerprint density at radius 2 is 1.23 bits per heavy atom. The van der Waals surface area contributed by atoms with Crippen LogP contribution in [0, 0.1) is 13.8 Å². The number of ether oxygens (including phenoxy) is 3. The molecule has 6 aromatic rings. The van der Waals surface area contributed by atoms with Gasteiger partial charge in [0, 0.05) is 0 Å². The molecule has 0 radical (unpaired) electrons. The van der Waals surface area contributed by atoms with Crippen LogP contribution in [0.4, 0.5) is 0 Å². The predicted octanol–water partition coefficient (Wildman–Crippen LogP) is 4.66. The Balaban J connectivity index is 1.27. The molecule has 0 spiro atoms. The standard InChI is InChI=1S/C43H40GeN2O6/c1-30-18-22-36(23-19-30)50-29-38-40(51-37-24-20-31(2)21-25-37)39(47)42(52-38)46-28-32(41(48)45-43(46)49)26-27-44(33-12-6-3-7-13-33,34-14-8-4-9-15-34)35-16-10-5-11-17-35/h3-28,38-40,42,47H,29H2,1-2H3,(H,45,48,49)/b27-26+/t38-,39-,40-,42-/m1/s1. The van der Waals surface area contributed by atoms with E-state index >= 15 is 0 Å². The van der Waals surface area contributed by atoms with E-state index in [4.69, 9.17) is 14.2 Å². The van der Waals surface area contributed by atoms with Gasteiger partial charge in [0.1, 0.15) is 0 Å². The van der Waals surface area contributed by atoms with Crippen molar-refractivity contribution in [2.24, 2.45) is 0 Å². The van der Waals surface area contributed by atoms with Crippen LogP contribution in [0.15, 0.2) is 160 Å². The van der Waals surface area contributed by atoms with Crippen molar-refractivity contribution >= 4 is 32.5 Å². The van der Waals surface area contributed by atoms with Crippen molar-refractivity contribution in [1.29, 1.82) is 0 Å². The van der Waals surface area contributed by atoms with Crippen LogP contribution in [0.25, 0.3) is 6.08 Å². The molecule has 8 nitrogen and oxygen atoms in total. The smallest absolute Gasteiger partial charge is 0.0556 e. The quantitative estimate of drug-likeness (QED) is 0.187. The van der Waals surface area contributed by atoms with E-state index in [1.807, 2.05) is 117 Å². The van der Waals surface area contributed by atoms with Crippen LogP contribution in [0.2, 0.25) is 0 Å². The first-order valence-electron chi connectivity index (χ1n) is 17.3. The van der Waals surface area contributed by atoms with Crippen molar-refractivity contribution in [2.75, 3.05) is 6.61 Å². The van der Waals surface area contributed by atoms with E-state index in [2.05, 4.69) is 46.3 Å². The molecular weight excluding hydrogens is 713 g/mol. The van der Waals surface area contributed by atoms with Crippen molar-refractivity contribution in [3.63, 3.8) is 0 Å². The van der Waals surface area contributed by atoms with Crippen molar-refractivity contribution in [3.8, 4) is 11.5 Å². The molecule has 2 heterocycles. The van der Waals surface area contributed by atoms with Gasteiger partial charge in [-0.2, -0.15) is 0 Å². The molecule has 9 heteroatoms. The number of nitrogens with zero attached hydrogens (tertiary/aromatic N) is 1. The fourth-order valence-corrected chi connectivity index (χ4v) is 15.5. The zero-order chi connectivity index (χ0) is 36.1. The number of aliphatic hydroxyl groups excluding tert-OH is 1. The summed E-state index contributed by atoms with van der Waals surface area (Å²) in [4.78, 5) is 31.5. The van der Waals surface area contributed by atoms with Gasteiger partial charge in [0.2, 0.25) is 0 Å². The third-order valence-electron chi connectivity index (χ3n) is 9.51. The van der Waals surface area contributed by atoms with E-state index in [1.54, 1.807) is 6.08 Å². The normalized spacial score (nSPS) is 18.8. The van der Waals surface area contributed by atoms with Gasteiger partial charge in [-0.3, -0.25) is 0 Å². The van der Waals surface area contributed by atoms with Crippen LogP contribution < -0.4 is 33.9 Å². The molecule has 7 rings (SSSR count). The Kier molecular flexibility index (Phi) is 10.4. The summed E-state index contributed by atoms with van der Waals surface area (Å²) in [5.41, 5.74) is 1.17. The molecule has 0 saturated carbocycles. The third kappa shape index (κ3) is 7.32. The summed E-state index contributed by atoms with van der Waals surface area (Å²) in [6.07, 6.45) is -0.803. The Morgan fingerprint density at radius 3 is 1.75 bits per heavy atom. The van der Waals surface area contributed by atoms with Crippen LogP contribution in [0.3, 0.4) is 0 Å². The van der Waals surface area contributed by atoms with Gasteiger partial charge in [-0.1, -0.05) is 23.3 Å². The average Bonchev–Trinajstić information content (AvgIpc) is 3.48. The summed E-state index contributed by atoms with van der Waals surface area (Å²) in [6, 6.07) is 46.2. The monoisotopic (exact) mass is 754 g/mol. The molecule has 1 fully saturated rings. The molecule has 1 aliphatic rings. The van der Waals surface area contributed by atoms with Crippen LogP contribution >= 0.6 is 0 Å². The van der Waals surface area contributed by atoms with Crippen LogP contribution in [0.5, 0.6) is 11.5 Å². The van der Waals surface area contributed by atoms with Gasteiger partial charge < -0.3 is 0 Å². The molecule has 2 N–H and O–H groups in total. The van der Waals surface area contributed by atoms with Gasteiger partial charge in [0.05, 0.1) is 0 Å². The van der Waals surface area contributed by atoms with Gasteiger partial charge >= 0.3 is 269 Å². The molecule has 52 heavy (non-hydrogen) atoms. The fourth-order valence-electron chi connectivity index (χ4n) is 6.73. The molecule has 262 valence electrons. The molecule has 0 amide bonds. The number of nitrogens with one attached hydrogen (secondary N) is 1. The summed E-state index contributed by atoms with van der Waals surface area (Å²) in [6.45, 7) is 4.03. The second-order valence-corrected chi connectivity index (χ2v) is 20.8. The van der Waals surface area contributed by atoms with Gasteiger partial charge in [-0.15, -0.1) is 0 Å². The van der Waals surface area contributed by atoms with Gasteiger partial charge in [0.15, 0.2) is 0 Å². The third-order valence-corrected chi connectivity index (χ3v) is 18.7. The average molecular weight is 753 g/mol. The number of aryl methyl sites for hydroxylation is 2. The molecule has 1 aromatic heterocycles. The zero-order valence-electron chi connectivity index (χ0n) is 29.0. The number of hydrogen-bond donors (Lipinski definition) is 2. The molecule has 0 bridgehead atoms. The van der Waals surface area contributed by atoms with Crippen molar-refractivity contribution < 1.29 is 19.3 Å². The van der Waals surface area contributed by atoms with Crippen molar-refractivity contribution in [1.82, 2.24) is 9.55 Å².